The molecule has 0 aliphatic carbocycles. The van der Waals surface area contributed by atoms with E-state index in [4.69, 9.17) is 4.74 Å². The maximum atomic E-state index is 5.73. The van der Waals surface area contributed by atoms with Gasteiger partial charge in [0, 0.05) is 27.6 Å². The molecule has 1 unspecified atom stereocenters. The molecule has 3 aromatic rings. The Morgan fingerprint density at radius 3 is 2.00 bits per heavy atom. The topological polar surface area (TPSA) is 9.23 Å². The van der Waals surface area contributed by atoms with Crippen molar-refractivity contribution in [3.05, 3.63) is 76.0 Å². The first-order valence-electron chi connectivity index (χ1n) is 8.83. The van der Waals surface area contributed by atoms with E-state index in [9.17, 15) is 0 Å². The average Bonchev–Trinajstić information content (AvgIpc) is 3.25. The van der Waals surface area contributed by atoms with Crippen LogP contribution in [0, 0.1) is 13.8 Å². The monoisotopic (exact) mass is 366 g/mol. The predicted molar refractivity (Wildman–Crippen MR) is 111 cm³/mol. The van der Waals surface area contributed by atoms with Gasteiger partial charge in [-0.2, -0.15) is 0 Å². The van der Waals surface area contributed by atoms with E-state index >= 15 is 0 Å². The quantitative estimate of drug-likeness (QED) is 0.612. The molecule has 2 heterocycles. The van der Waals surface area contributed by atoms with E-state index in [0.29, 0.717) is 5.92 Å². The lowest BCUT2D eigenvalue weighted by atomic mass is 9.99. The molecule has 0 amide bonds. The highest BCUT2D eigenvalue weighted by Crippen LogP contribution is 2.42. The molecule has 2 aromatic carbocycles. The van der Waals surface area contributed by atoms with Crippen molar-refractivity contribution in [1.82, 2.24) is 0 Å². The molecular weight excluding hydrogens is 343 g/mol. The van der Waals surface area contributed by atoms with E-state index in [-0.39, 0.29) is 0 Å². The average molecular weight is 366 g/mol. The Hall–Kier alpha value is -1.47. The van der Waals surface area contributed by atoms with E-state index in [2.05, 4.69) is 74.5 Å². The van der Waals surface area contributed by atoms with Crippen LogP contribution in [0.2, 0.25) is 0 Å². The Balaban J connectivity index is 1.91. The van der Waals surface area contributed by atoms with Gasteiger partial charge >= 0.3 is 0 Å². The first-order chi connectivity index (χ1) is 12.3. The zero-order chi connectivity index (χ0) is 17.2. The third-order valence-electron chi connectivity index (χ3n) is 4.86. The van der Waals surface area contributed by atoms with Crippen LogP contribution in [0.3, 0.4) is 0 Å². The molecule has 1 nitrogen and oxygen atoms in total. The van der Waals surface area contributed by atoms with Gasteiger partial charge in [-0.05, 0) is 44.4 Å². The number of rotatable bonds is 4. The van der Waals surface area contributed by atoms with E-state index in [0.717, 1.165) is 19.6 Å². The molecule has 4 rings (SSSR count). The molecule has 1 aliphatic rings. The molecule has 128 valence electrons. The highest BCUT2D eigenvalue weighted by atomic mass is 32.1. The summed E-state index contributed by atoms with van der Waals surface area (Å²) in [6.07, 6.45) is 1.15. The maximum Gasteiger partial charge on any atom is 0.0536 e. The van der Waals surface area contributed by atoms with Crippen LogP contribution in [-0.4, -0.2) is 13.2 Å². The largest absolute Gasteiger partial charge is 0.381 e. The van der Waals surface area contributed by atoms with E-state index in [1.165, 1.54) is 20.4 Å². The summed E-state index contributed by atoms with van der Waals surface area (Å²) >= 11 is 1.96. The fourth-order valence-corrected chi connectivity index (χ4v) is 7.96. The third-order valence-corrected chi connectivity index (χ3v) is 8.70. The molecule has 1 fully saturated rings. The van der Waals surface area contributed by atoms with Crippen LogP contribution < -0.4 is 15.9 Å². The van der Waals surface area contributed by atoms with Crippen LogP contribution in [0.4, 0.5) is 0 Å². The summed E-state index contributed by atoms with van der Waals surface area (Å²) in [5.41, 5.74) is 1.57. The predicted octanol–water partition coefficient (Wildman–Crippen LogP) is 4.63. The van der Waals surface area contributed by atoms with Crippen LogP contribution in [0.25, 0.3) is 0 Å². The lowest BCUT2D eigenvalue weighted by Crippen LogP contribution is -2.25. The highest BCUT2D eigenvalue weighted by molar-refractivity contribution is 7.80. The minimum Gasteiger partial charge on any atom is -0.381 e. The van der Waals surface area contributed by atoms with E-state index in [1.807, 2.05) is 11.3 Å². The Morgan fingerprint density at radius 1 is 0.880 bits per heavy atom. The van der Waals surface area contributed by atoms with E-state index < -0.39 is 7.92 Å². The van der Waals surface area contributed by atoms with Crippen molar-refractivity contribution in [2.45, 2.75) is 26.2 Å². The first kappa shape index (κ1) is 17.0. The summed E-state index contributed by atoms with van der Waals surface area (Å²) in [4.78, 5) is 2.94. The molecule has 0 saturated carbocycles. The third kappa shape index (κ3) is 3.31. The normalized spacial score (nSPS) is 17.3. The molecule has 25 heavy (non-hydrogen) atoms. The summed E-state index contributed by atoms with van der Waals surface area (Å²) < 4.78 is 5.73. The van der Waals surface area contributed by atoms with E-state index in [1.54, 1.807) is 10.9 Å². The second-order valence-corrected chi connectivity index (χ2v) is 10.1. The molecular formula is C22H23OPS. The first-order valence-corrected chi connectivity index (χ1v) is 11.0. The smallest absolute Gasteiger partial charge is 0.0536 e. The highest BCUT2D eigenvalue weighted by Gasteiger charge is 2.30. The lowest BCUT2D eigenvalue weighted by Gasteiger charge is -2.23. The van der Waals surface area contributed by atoms with Gasteiger partial charge in [-0.3, -0.25) is 0 Å². The molecule has 0 N–H and O–H groups in total. The Morgan fingerprint density at radius 2 is 1.48 bits per heavy atom. The van der Waals surface area contributed by atoms with Crippen molar-refractivity contribution in [2.75, 3.05) is 13.2 Å². The number of aryl methyl sites for hydroxylation is 2. The standard InChI is InChI=1S/C22H23OPS/c1-16-21(18-13-14-23-15-18)22(17(2)25-16)24(19-9-5-3-6-10-19)20-11-7-4-8-12-20/h3-12,18H,13-15H2,1-2H3. The fourth-order valence-electron chi connectivity index (χ4n) is 3.77. The van der Waals surface area contributed by atoms with Gasteiger partial charge in [0.2, 0.25) is 0 Å². The lowest BCUT2D eigenvalue weighted by molar-refractivity contribution is 0.194. The minimum atomic E-state index is -0.528. The van der Waals surface area contributed by atoms with Crippen LogP contribution >= 0.6 is 19.3 Å². The van der Waals surface area contributed by atoms with Crippen LogP contribution in [0.1, 0.15) is 27.7 Å². The summed E-state index contributed by atoms with van der Waals surface area (Å²) in [5.74, 6) is 0.553. The zero-order valence-corrected chi connectivity index (χ0v) is 16.4. The minimum absolute atomic E-state index is 0.528. The van der Waals surface area contributed by atoms with Crippen molar-refractivity contribution in [2.24, 2.45) is 0 Å². The number of benzene rings is 2. The number of hydrogen-bond acceptors (Lipinski definition) is 2. The molecule has 0 bridgehead atoms. The van der Waals surface area contributed by atoms with Crippen molar-refractivity contribution in [3.63, 3.8) is 0 Å². The fraction of sp³-hybridized carbons (Fsp3) is 0.273. The van der Waals surface area contributed by atoms with Gasteiger partial charge in [-0.25, -0.2) is 0 Å². The van der Waals surface area contributed by atoms with Crippen LogP contribution in [0.15, 0.2) is 60.7 Å². The van der Waals surface area contributed by atoms with Crippen molar-refractivity contribution >= 4 is 35.2 Å². The van der Waals surface area contributed by atoms with Crippen molar-refractivity contribution < 1.29 is 4.74 Å². The van der Waals surface area contributed by atoms with Crippen LogP contribution in [0.5, 0.6) is 0 Å². The Kier molecular flexibility index (Phi) is 5.03. The van der Waals surface area contributed by atoms with Gasteiger partial charge in [-0.1, -0.05) is 60.7 Å². The Bertz CT molecular complexity index is 796. The molecule has 0 radical (unpaired) electrons. The molecule has 1 aliphatic heterocycles. The molecule has 0 spiro atoms. The van der Waals surface area contributed by atoms with Gasteiger partial charge in [0.05, 0.1) is 6.61 Å². The second kappa shape index (κ2) is 7.41. The molecule has 1 atom stereocenters. The number of ether oxygens (including phenoxy) is 1. The summed E-state index contributed by atoms with van der Waals surface area (Å²) in [7, 11) is -0.528. The number of hydrogen-bond donors (Lipinski definition) is 0. The van der Waals surface area contributed by atoms with Crippen LogP contribution in [-0.2, 0) is 4.74 Å². The second-order valence-electron chi connectivity index (χ2n) is 6.54. The maximum absolute atomic E-state index is 5.73. The zero-order valence-electron chi connectivity index (χ0n) is 14.7. The summed E-state index contributed by atoms with van der Waals surface area (Å²) in [5, 5.41) is 4.44. The summed E-state index contributed by atoms with van der Waals surface area (Å²) in [6.45, 7) is 6.36. The molecule has 3 heteroatoms. The Labute approximate surface area is 155 Å². The van der Waals surface area contributed by atoms with Crippen molar-refractivity contribution in [3.8, 4) is 0 Å². The number of thiophene rings is 1. The van der Waals surface area contributed by atoms with Gasteiger partial charge in [0.25, 0.3) is 0 Å². The van der Waals surface area contributed by atoms with Gasteiger partial charge in [0.1, 0.15) is 0 Å². The molecule has 1 saturated heterocycles. The van der Waals surface area contributed by atoms with Gasteiger partial charge < -0.3 is 4.74 Å². The molecule has 1 aromatic heterocycles. The van der Waals surface area contributed by atoms with Gasteiger partial charge in [-0.15, -0.1) is 11.3 Å². The van der Waals surface area contributed by atoms with Crippen molar-refractivity contribution in [1.29, 1.82) is 0 Å². The van der Waals surface area contributed by atoms with Gasteiger partial charge in [0.15, 0.2) is 0 Å². The summed E-state index contributed by atoms with van der Waals surface area (Å²) in [6, 6.07) is 22.1. The SMILES string of the molecule is Cc1sc(C)c(P(c2ccccc2)c2ccccc2)c1C1CCOC1.